The van der Waals surface area contributed by atoms with Gasteiger partial charge in [0, 0.05) is 0 Å². The van der Waals surface area contributed by atoms with Crippen LogP contribution in [0.15, 0.2) is 24.3 Å². The molecule has 1 N–H and O–H groups in total. The largest absolute Gasteiger partial charge is 0.539 e. The zero-order valence-corrected chi connectivity index (χ0v) is 6.61. The maximum Gasteiger partial charge on any atom is 0.504 e. The third-order valence-electron chi connectivity index (χ3n) is 1.28. The molecule has 0 saturated heterocycles. The molecule has 0 fully saturated rings. The maximum absolute atomic E-state index is 11.7. The lowest BCUT2D eigenvalue weighted by Gasteiger charge is -2.05. The molecule has 0 heterocycles. The molecule has 0 aliphatic carbocycles. The van der Waals surface area contributed by atoms with Crippen LogP contribution in [0.3, 0.4) is 0 Å². The summed E-state index contributed by atoms with van der Waals surface area (Å²) in [4.78, 5) is 0. The molecule has 1 aromatic rings. The van der Waals surface area contributed by atoms with E-state index in [9.17, 15) is 8.78 Å². The van der Waals surface area contributed by atoms with E-state index in [0.29, 0.717) is 5.75 Å². The van der Waals surface area contributed by atoms with E-state index < -0.39 is 14.3 Å². The molecule has 0 aliphatic rings. The fourth-order valence-electron chi connectivity index (χ4n) is 0.792. The first-order valence-electron chi connectivity index (χ1n) is 3.51. The molecule has 0 amide bonds. The van der Waals surface area contributed by atoms with E-state index in [2.05, 4.69) is 9.39 Å². The quantitative estimate of drug-likeness (QED) is 0.714. The van der Waals surface area contributed by atoms with Crippen LogP contribution in [-0.4, -0.2) is 19.3 Å². The Morgan fingerprint density at radius 1 is 1.15 bits per heavy atom. The molecule has 0 bridgehead atoms. The predicted octanol–water partition coefficient (Wildman–Crippen LogP) is 0.926. The zero-order valence-electron chi connectivity index (χ0n) is 6.61. The van der Waals surface area contributed by atoms with Crippen molar-refractivity contribution in [1.82, 2.24) is 0 Å². The summed E-state index contributed by atoms with van der Waals surface area (Å²) in [7, 11) is -0.449. The SMILES string of the molecule is OBOc1ccc(OC(F)F)cc1. The Bertz CT molecular complexity index is 252. The average molecular weight is 188 g/mol. The maximum atomic E-state index is 11.7. The van der Waals surface area contributed by atoms with Crippen molar-refractivity contribution in [2.45, 2.75) is 6.61 Å². The Balaban J connectivity index is 2.59. The van der Waals surface area contributed by atoms with Crippen LogP contribution >= 0.6 is 0 Å². The van der Waals surface area contributed by atoms with Crippen LogP contribution < -0.4 is 9.39 Å². The van der Waals surface area contributed by atoms with Crippen molar-refractivity contribution in [3.05, 3.63) is 24.3 Å². The van der Waals surface area contributed by atoms with Gasteiger partial charge in [0.2, 0.25) is 0 Å². The second-order valence-electron chi connectivity index (χ2n) is 2.12. The van der Waals surface area contributed by atoms with Crippen LogP contribution in [-0.2, 0) is 0 Å². The van der Waals surface area contributed by atoms with Gasteiger partial charge in [-0.2, -0.15) is 8.78 Å². The summed E-state index contributed by atoms with van der Waals surface area (Å²) in [5, 5.41) is 8.36. The van der Waals surface area contributed by atoms with Gasteiger partial charge in [-0.25, -0.2) is 0 Å². The highest BCUT2D eigenvalue weighted by molar-refractivity contribution is 6.17. The first-order valence-corrected chi connectivity index (χ1v) is 3.51. The van der Waals surface area contributed by atoms with Gasteiger partial charge >= 0.3 is 14.3 Å². The van der Waals surface area contributed by atoms with Crippen molar-refractivity contribution >= 4 is 7.69 Å². The van der Waals surface area contributed by atoms with Gasteiger partial charge in [-0.3, -0.25) is 0 Å². The number of halogens is 2. The topological polar surface area (TPSA) is 38.7 Å². The van der Waals surface area contributed by atoms with Gasteiger partial charge in [0.25, 0.3) is 0 Å². The third kappa shape index (κ3) is 3.29. The summed E-state index contributed by atoms with van der Waals surface area (Å²) in [6, 6.07) is 5.51. The van der Waals surface area contributed by atoms with E-state index in [4.69, 9.17) is 5.02 Å². The molecular weight excluding hydrogens is 181 g/mol. The van der Waals surface area contributed by atoms with E-state index in [1.165, 1.54) is 24.3 Å². The summed E-state index contributed by atoms with van der Waals surface area (Å²) < 4.78 is 32.1. The number of hydrogen-bond acceptors (Lipinski definition) is 3. The van der Waals surface area contributed by atoms with Crippen LogP contribution in [0.1, 0.15) is 0 Å². The lowest BCUT2D eigenvalue weighted by Crippen LogP contribution is -2.02. The number of benzene rings is 1. The summed E-state index contributed by atoms with van der Waals surface area (Å²) in [6.07, 6.45) is 0. The minimum absolute atomic E-state index is 0.0558. The van der Waals surface area contributed by atoms with E-state index in [0.717, 1.165) is 0 Å². The summed E-state index contributed by atoms with van der Waals surface area (Å²) in [5.41, 5.74) is 0. The van der Waals surface area contributed by atoms with Crippen LogP contribution in [0.25, 0.3) is 0 Å². The van der Waals surface area contributed by atoms with Crippen molar-refractivity contribution in [2.24, 2.45) is 0 Å². The standard InChI is InChI=1S/C7H7BF2O3/c9-7(10)12-5-1-3-6(4-2-5)13-8-11/h1-4,7-8,11H. The summed E-state index contributed by atoms with van der Waals surface area (Å²) >= 11 is 0. The lowest BCUT2D eigenvalue weighted by molar-refractivity contribution is -0.0498. The second-order valence-corrected chi connectivity index (χ2v) is 2.12. The first-order chi connectivity index (χ1) is 6.22. The van der Waals surface area contributed by atoms with Crippen LogP contribution in [0.2, 0.25) is 0 Å². The molecule has 0 atom stereocenters. The van der Waals surface area contributed by atoms with Crippen molar-refractivity contribution < 1.29 is 23.2 Å². The highest BCUT2D eigenvalue weighted by Crippen LogP contribution is 2.18. The molecule has 70 valence electrons. The molecule has 6 heteroatoms. The molecule has 3 nitrogen and oxygen atoms in total. The van der Waals surface area contributed by atoms with Gasteiger partial charge in [-0.15, -0.1) is 0 Å². The predicted molar refractivity (Wildman–Crippen MR) is 43.1 cm³/mol. The van der Waals surface area contributed by atoms with E-state index in [1.54, 1.807) is 0 Å². The Morgan fingerprint density at radius 2 is 1.69 bits per heavy atom. The minimum Gasteiger partial charge on any atom is -0.539 e. The number of alkyl halides is 2. The van der Waals surface area contributed by atoms with Gasteiger partial charge in [0.05, 0.1) is 0 Å². The van der Waals surface area contributed by atoms with Crippen LogP contribution in [0.5, 0.6) is 11.5 Å². The molecule has 0 unspecified atom stereocenters. The van der Waals surface area contributed by atoms with Crippen molar-refractivity contribution in [3.63, 3.8) is 0 Å². The summed E-state index contributed by atoms with van der Waals surface area (Å²) in [6.45, 7) is -2.83. The van der Waals surface area contributed by atoms with Gasteiger partial charge in [-0.1, -0.05) is 0 Å². The number of hydrogen-bond donors (Lipinski definition) is 1. The smallest absolute Gasteiger partial charge is 0.504 e. The molecule has 1 rings (SSSR count). The molecule has 13 heavy (non-hydrogen) atoms. The lowest BCUT2D eigenvalue weighted by atomic mass is 10.3. The average Bonchev–Trinajstić information content (AvgIpc) is 2.08. The molecule has 0 saturated carbocycles. The zero-order chi connectivity index (χ0) is 9.68. The van der Waals surface area contributed by atoms with E-state index >= 15 is 0 Å². The minimum atomic E-state index is -2.83. The third-order valence-corrected chi connectivity index (χ3v) is 1.28. The fraction of sp³-hybridized carbons (Fsp3) is 0.143. The Labute approximate surface area is 74.2 Å². The molecule has 0 radical (unpaired) electrons. The van der Waals surface area contributed by atoms with Gasteiger partial charge in [0.1, 0.15) is 11.5 Å². The Kier molecular flexibility index (Phi) is 3.51. The highest BCUT2D eigenvalue weighted by Gasteiger charge is 2.03. The van der Waals surface area contributed by atoms with Gasteiger partial charge < -0.3 is 14.4 Å². The Morgan fingerprint density at radius 3 is 2.15 bits per heavy atom. The Hall–Kier alpha value is -1.30. The van der Waals surface area contributed by atoms with Crippen LogP contribution in [0.4, 0.5) is 8.78 Å². The van der Waals surface area contributed by atoms with Crippen molar-refractivity contribution in [2.75, 3.05) is 0 Å². The molecular formula is C7H7BF2O3. The second kappa shape index (κ2) is 4.66. The first kappa shape index (κ1) is 9.79. The highest BCUT2D eigenvalue weighted by atomic mass is 19.3. The molecule has 0 aromatic heterocycles. The number of rotatable bonds is 4. The molecule has 1 aromatic carbocycles. The van der Waals surface area contributed by atoms with E-state index in [-0.39, 0.29) is 5.75 Å². The van der Waals surface area contributed by atoms with Crippen molar-refractivity contribution in [1.29, 1.82) is 0 Å². The van der Waals surface area contributed by atoms with E-state index in [1.807, 2.05) is 0 Å². The van der Waals surface area contributed by atoms with Crippen molar-refractivity contribution in [3.8, 4) is 11.5 Å². The normalized spacial score (nSPS) is 9.85. The molecule has 0 spiro atoms. The van der Waals surface area contributed by atoms with Gasteiger partial charge in [-0.05, 0) is 24.3 Å². The summed E-state index contributed by atoms with van der Waals surface area (Å²) in [5.74, 6) is 0.449. The van der Waals surface area contributed by atoms with Gasteiger partial charge in [0.15, 0.2) is 0 Å². The fourth-order valence-corrected chi connectivity index (χ4v) is 0.792. The number of ether oxygens (including phenoxy) is 1. The molecule has 0 aliphatic heterocycles. The monoisotopic (exact) mass is 188 g/mol. The van der Waals surface area contributed by atoms with Crippen LogP contribution in [0, 0.1) is 0 Å².